The van der Waals surface area contributed by atoms with Gasteiger partial charge in [-0.3, -0.25) is 4.79 Å². The fraction of sp³-hybridized carbons (Fsp3) is 0.385. The zero-order chi connectivity index (χ0) is 14.0. The molecule has 0 aliphatic heterocycles. The van der Waals surface area contributed by atoms with Gasteiger partial charge in [0.15, 0.2) is 5.84 Å². The Balaban J connectivity index is 2.09. The van der Waals surface area contributed by atoms with Crippen LogP contribution in [0.1, 0.15) is 18.4 Å². The topological polar surface area (TPSA) is 78.9 Å². The summed E-state index contributed by atoms with van der Waals surface area (Å²) in [5, 5.41) is 12.4. The van der Waals surface area contributed by atoms with Gasteiger partial charge >= 0.3 is 0 Å². The minimum Gasteiger partial charge on any atom is -0.409 e. The third kappa shape index (κ3) is 2.66. The summed E-state index contributed by atoms with van der Waals surface area (Å²) in [6, 6.07) is 7.34. The first-order valence-electron chi connectivity index (χ1n) is 5.97. The number of carbonyl (C=O) groups excluding carboxylic acids is 1. The van der Waals surface area contributed by atoms with Gasteiger partial charge in [-0.15, -0.1) is 0 Å². The molecule has 0 radical (unpaired) electrons. The van der Waals surface area contributed by atoms with Gasteiger partial charge in [0.05, 0.1) is 0 Å². The lowest BCUT2D eigenvalue weighted by atomic mass is 10.0. The van der Waals surface area contributed by atoms with Gasteiger partial charge in [-0.25, -0.2) is 0 Å². The van der Waals surface area contributed by atoms with Gasteiger partial charge < -0.3 is 15.8 Å². The second kappa shape index (κ2) is 5.09. The van der Waals surface area contributed by atoms with Crippen LogP contribution in [-0.4, -0.2) is 28.9 Å². The van der Waals surface area contributed by atoms with Gasteiger partial charge in [0.25, 0.3) is 0 Å². The molecule has 5 nitrogen and oxygen atoms in total. The molecule has 0 aromatic heterocycles. The first kappa shape index (κ1) is 13.7. The molecule has 0 spiro atoms. The molecule has 1 fully saturated rings. The van der Waals surface area contributed by atoms with Crippen molar-refractivity contribution in [2.24, 2.45) is 16.3 Å². The van der Waals surface area contributed by atoms with E-state index in [-0.39, 0.29) is 11.7 Å². The smallest absolute Gasteiger partial charge is 0.236 e. The van der Waals surface area contributed by atoms with Crippen molar-refractivity contribution in [1.29, 1.82) is 0 Å². The lowest BCUT2D eigenvalue weighted by Gasteiger charge is -2.22. The lowest BCUT2D eigenvalue weighted by molar-refractivity contribution is -0.133. The average molecular weight is 282 g/mol. The zero-order valence-electron chi connectivity index (χ0n) is 10.6. The molecule has 1 aliphatic carbocycles. The predicted octanol–water partition coefficient (Wildman–Crippen LogP) is 1.82. The number of nitrogens with two attached hydrogens (primary N) is 1. The molecule has 0 heterocycles. The minimum absolute atomic E-state index is 0.00422. The highest BCUT2D eigenvalue weighted by atomic mass is 35.5. The Kier molecular flexibility index (Phi) is 3.66. The molecule has 19 heavy (non-hydrogen) atoms. The summed E-state index contributed by atoms with van der Waals surface area (Å²) in [6.07, 6.45) is 1.25. The highest BCUT2D eigenvalue weighted by molar-refractivity contribution is 6.30. The van der Waals surface area contributed by atoms with E-state index in [1.807, 2.05) is 18.2 Å². The van der Waals surface area contributed by atoms with Gasteiger partial charge in [-0.05, 0) is 30.5 Å². The Morgan fingerprint density at radius 3 is 2.79 bits per heavy atom. The van der Waals surface area contributed by atoms with E-state index in [1.54, 1.807) is 18.0 Å². The highest BCUT2D eigenvalue weighted by Crippen LogP contribution is 2.47. The van der Waals surface area contributed by atoms with Crippen LogP contribution >= 0.6 is 11.6 Å². The van der Waals surface area contributed by atoms with Crippen molar-refractivity contribution in [3.63, 3.8) is 0 Å². The molecule has 1 aromatic carbocycles. The Morgan fingerprint density at radius 1 is 1.58 bits per heavy atom. The Hall–Kier alpha value is -1.75. The summed E-state index contributed by atoms with van der Waals surface area (Å²) in [6.45, 7) is 0.444. The molecule has 6 heteroatoms. The van der Waals surface area contributed by atoms with E-state index < -0.39 is 5.41 Å². The molecular formula is C13H16ClN3O2. The Labute approximate surface area is 116 Å². The van der Waals surface area contributed by atoms with Crippen LogP contribution in [0.15, 0.2) is 29.4 Å². The number of carbonyl (C=O) groups is 1. The van der Waals surface area contributed by atoms with E-state index in [9.17, 15) is 4.79 Å². The van der Waals surface area contributed by atoms with Gasteiger partial charge in [0.1, 0.15) is 5.41 Å². The van der Waals surface area contributed by atoms with Crippen LogP contribution in [0.5, 0.6) is 0 Å². The Morgan fingerprint density at radius 2 is 2.26 bits per heavy atom. The summed E-state index contributed by atoms with van der Waals surface area (Å²) in [7, 11) is 1.70. The van der Waals surface area contributed by atoms with E-state index in [2.05, 4.69) is 5.16 Å². The lowest BCUT2D eigenvalue weighted by Crippen LogP contribution is -2.41. The first-order valence-corrected chi connectivity index (χ1v) is 6.35. The summed E-state index contributed by atoms with van der Waals surface area (Å²) in [5.74, 6) is -0.127. The van der Waals surface area contributed by atoms with Crippen molar-refractivity contribution in [2.75, 3.05) is 7.05 Å². The average Bonchev–Trinajstić information content (AvgIpc) is 3.18. The number of benzene rings is 1. The molecular weight excluding hydrogens is 266 g/mol. The second-order valence-electron chi connectivity index (χ2n) is 4.86. The third-order valence-electron chi connectivity index (χ3n) is 3.41. The summed E-state index contributed by atoms with van der Waals surface area (Å²) in [4.78, 5) is 13.9. The van der Waals surface area contributed by atoms with Crippen molar-refractivity contribution in [1.82, 2.24) is 4.90 Å². The van der Waals surface area contributed by atoms with Crippen LogP contribution in [-0.2, 0) is 11.3 Å². The zero-order valence-corrected chi connectivity index (χ0v) is 11.4. The number of halogens is 1. The number of amides is 1. The van der Waals surface area contributed by atoms with Crippen LogP contribution in [0.4, 0.5) is 0 Å². The minimum atomic E-state index is -0.803. The molecule has 1 amide bonds. The van der Waals surface area contributed by atoms with E-state index in [1.165, 1.54) is 0 Å². The van der Waals surface area contributed by atoms with Crippen LogP contribution in [0.25, 0.3) is 0 Å². The number of amidine groups is 1. The summed E-state index contributed by atoms with van der Waals surface area (Å²) in [5.41, 5.74) is 5.74. The molecule has 1 aromatic rings. The fourth-order valence-electron chi connectivity index (χ4n) is 2.15. The molecule has 3 N–H and O–H groups in total. The van der Waals surface area contributed by atoms with Crippen molar-refractivity contribution in [2.45, 2.75) is 19.4 Å². The van der Waals surface area contributed by atoms with Crippen LogP contribution in [0.3, 0.4) is 0 Å². The number of rotatable bonds is 4. The van der Waals surface area contributed by atoms with Gasteiger partial charge in [0, 0.05) is 18.6 Å². The highest BCUT2D eigenvalue weighted by Gasteiger charge is 2.55. The monoisotopic (exact) mass is 281 g/mol. The van der Waals surface area contributed by atoms with Crippen LogP contribution < -0.4 is 5.73 Å². The Bertz CT molecular complexity index is 526. The normalized spacial score (nSPS) is 17.1. The predicted molar refractivity (Wildman–Crippen MR) is 73.0 cm³/mol. The fourth-order valence-corrected chi connectivity index (χ4v) is 2.36. The SMILES string of the molecule is CN(Cc1cccc(Cl)c1)C(=O)C1(/C(N)=N/O)CC1. The van der Waals surface area contributed by atoms with Gasteiger partial charge in [0.2, 0.25) is 5.91 Å². The van der Waals surface area contributed by atoms with Crippen LogP contribution in [0, 0.1) is 5.41 Å². The molecule has 0 unspecified atom stereocenters. The molecule has 0 bridgehead atoms. The number of hydrogen-bond acceptors (Lipinski definition) is 3. The standard InChI is InChI=1S/C13H16ClN3O2/c1-17(8-9-3-2-4-10(14)7-9)12(18)13(5-6-13)11(15)16-19/h2-4,7,19H,5-6,8H2,1H3,(H2,15,16). The van der Waals surface area contributed by atoms with Crippen molar-refractivity contribution < 1.29 is 10.0 Å². The van der Waals surface area contributed by atoms with Crippen molar-refractivity contribution >= 4 is 23.3 Å². The van der Waals surface area contributed by atoms with E-state index in [0.29, 0.717) is 24.4 Å². The largest absolute Gasteiger partial charge is 0.409 e. The molecule has 1 aliphatic rings. The summed E-state index contributed by atoms with van der Waals surface area (Å²) < 4.78 is 0. The van der Waals surface area contributed by atoms with E-state index in [4.69, 9.17) is 22.5 Å². The molecule has 2 rings (SSSR count). The van der Waals surface area contributed by atoms with E-state index >= 15 is 0 Å². The molecule has 0 atom stereocenters. The van der Waals surface area contributed by atoms with Gasteiger partial charge in [-0.1, -0.05) is 28.9 Å². The maximum atomic E-state index is 12.3. The number of hydrogen-bond donors (Lipinski definition) is 2. The quantitative estimate of drug-likeness (QED) is 0.382. The van der Waals surface area contributed by atoms with E-state index in [0.717, 1.165) is 5.56 Å². The van der Waals surface area contributed by atoms with Gasteiger partial charge in [-0.2, -0.15) is 0 Å². The maximum absolute atomic E-state index is 12.3. The maximum Gasteiger partial charge on any atom is 0.236 e. The molecule has 1 saturated carbocycles. The molecule has 102 valence electrons. The van der Waals surface area contributed by atoms with Crippen molar-refractivity contribution in [3.05, 3.63) is 34.9 Å². The number of nitrogens with zero attached hydrogens (tertiary/aromatic N) is 2. The number of oxime groups is 1. The summed E-state index contributed by atoms with van der Waals surface area (Å²) >= 11 is 5.91. The van der Waals surface area contributed by atoms with Crippen molar-refractivity contribution in [3.8, 4) is 0 Å². The third-order valence-corrected chi connectivity index (χ3v) is 3.65. The second-order valence-corrected chi connectivity index (χ2v) is 5.29. The molecule has 0 saturated heterocycles. The first-order chi connectivity index (χ1) is 8.99. The van der Waals surface area contributed by atoms with Crippen LogP contribution in [0.2, 0.25) is 5.02 Å².